The SMILES string of the molecule is COc1cc(N)ccc1C(=O)N[C@@H](C)c1cccc(F)c1. The molecule has 2 aromatic carbocycles. The lowest BCUT2D eigenvalue weighted by Gasteiger charge is -2.16. The van der Waals surface area contributed by atoms with Crippen LogP contribution >= 0.6 is 0 Å². The number of nitrogens with one attached hydrogen (secondary N) is 1. The van der Waals surface area contributed by atoms with Crippen molar-refractivity contribution in [2.24, 2.45) is 0 Å². The van der Waals surface area contributed by atoms with Crippen LogP contribution < -0.4 is 15.8 Å². The van der Waals surface area contributed by atoms with E-state index in [0.717, 1.165) is 0 Å². The Bertz CT molecular complexity index is 658. The average molecular weight is 288 g/mol. The summed E-state index contributed by atoms with van der Waals surface area (Å²) in [7, 11) is 1.47. The van der Waals surface area contributed by atoms with Crippen LogP contribution in [0.1, 0.15) is 28.9 Å². The molecule has 0 aliphatic heterocycles. The highest BCUT2D eigenvalue weighted by molar-refractivity contribution is 5.97. The Morgan fingerprint density at radius 1 is 1.29 bits per heavy atom. The predicted molar refractivity (Wildman–Crippen MR) is 79.7 cm³/mol. The molecule has 2 rings (SSSR count). The molecule has 0 bridgehead atoms. The largest absolute Gasteiger partial charge is 0.496 e. The maximum Gasteiger partial charge on any atom is 0.255 e. The van der Waals surface area contributed by atoms with Crippen LogP contribution in [0.5, 0.6) is 5.75 Å². The summed E-state index contributed by atoms with van der Waals surface area (Å²) in [6.07, 6.45) is 0. The second kappa shape index (κ2) is 6.26. The van der Waals surface area contributed by atoms with E-state index in [2.05, 4.69) is 5.32 Å². The van der Waals surface area contributed by atoms with Gasteiger partial charge in [0.25, 0.3) is 5.91 Å². The third kappa shape index (κ3) is 3.51. The van der Waals surface area contributed by atoms with Crippen LogP contribution in [0.2, 0.25) is 0 Å². The van der Waals surface area contributed by atoms with Gasteiger partial charge in [-0.1, -0.05) is 12.1 Å². The van der Waals surface area contributed by atoms with Gasteiger partial charge in [0.1, 0.15) is 11.6 Å². The number of methoxy groups -OCH3 is 1. The first-order valence-electron chi connectivity index (χ1n) is 6.51. The molecule has 5 heteroatoms. The number of amides is 1. The Morgan fingerprint density at radius 3 is 2.71 bits per heavy atom. The number of rotatable bonds is 4. The summed E-state index contributed by atoms with van der Waals surface area (Å²) in [6.45, 7) is 1.79. The Balaban J connectivity index is 2.18. The molecular formula is C16H17FN2O2. The quantitative estimate of drug-likeness (QED) is 0.850. The molecule has 0 heterocycles. The lowest BCUT2D eigenvalue weighted by molar-refractivity contribution is 0.0937. The molecule has 0 radical (unpaired) electrons. The zero-order valence-electron chi connectivity index (χ0n) is 11.9. The average Bonchev–Trinajstić information content (AvgIpc) is 2.46. The number of carbonyl (C=O) groups is 1. The Kier molecular flexibility index (Phi) is 4.42. The third-order valence-corrected chi connectivity index (χ3v) is 3.17. The number of carbonyl (C=O) groups excluding carboxylic acids is 1. The number of halogens is 1. The van der Waals surface area contributed by atoms with Gasteiger partial charge in [-0.15, -0.1) is 0 Å². The fraction of sp³-hybridized carbons (Fsp3) is 0.188. The van der Waals surface area contributed by atoms with E-state index in [1.165, 1.54) is 19.2 Å². The molecule has 21 heavy (non-hydrogen) atoms. The van der Waals surface area contributed by atoms with Crippen LogP contribution in [0.3, 0.4) is 0 Å². The number of nitrogens with two attached hydrogens (primary N) is 1. The summed E-state index contributed by atoms with van der Waals surface area (Å²) in [5.74, 6) is -0.235. The van der Waals surface area contributed by atoms with Gasteiger partial charge in [-0.25, -0.2) is 4.39 Å². The fourth-order valence-electron chi connectivity index (χ4n) is 2.03. The summed E-state index contributed by atoms with van der Waals surface area (Å²) in [5, 5.41) is 2.81. The Labute approximate surface area is 122 Å². The number of hydrogen-bond acceptors (Lipinski definition) is 3. The molecule has 0 fully saturated rings. The molecule has 0 saturated heterocycles. The number of nitrogen functional groups attached to an aromatic ring is 1. The molecule has 2 aromatic rings. The summed E-state index contributed by atoms with van der Waals surface area (Å²) in [6, 6.07) is 10.6. The molecule has 1 amide bonds. The normalized spacial score (nSPS) is 11.8. The molecule has 0 spiro atoms. The first kappa shape index (κ1) is 14.8. The number of ether oxygens (including phenoxy) is 1. The van der Waals surface area contributed by atoms with Gasteiger partial charge in [-0.05, 0) is 36.8 Å². The minimum Gasteiger partial charge on any atom is -0.496 e. The van der Waals surface area contributed by atoms with Gasteiger partial charge in [0.15, 0.2) is 0 Å². The summed E-state index contributed by atoms with van der Waals surface area (Å²) >= 11 is 0. The fourth-order valence-corrected chi connectivity index (χ4v) is 2.03. The van der Waals surface area contributed by atoms with Crippen molar-refractivity contribution in [3.05, 3.63) is 59.4 Å². The molecule has 110 valence electrons. The topological polar surface area (TPSA) is 64.3 Å². The zero-order valence-corrected chi connectivity index (χ0v) is 11.9. The minimum absolute atomic E-state index is 0.302. The second-order valence-corrected chi connectivity index (χ2v) is 4.71. The van der Waals surface area contributed by atoms with Crippen LogP contribution in [-0.2, 0) is 0 Å². The molecule has 0 aliphatic carbocycles. The van der Waals surface area contributed by atoms with Crippen LogP contribution in [0.25, 0.3) is 0 Å². The van der Waals surface area contributed by atoms with Crippen LogP contribution in [0.4, 0.5) is 10.1 Å². The van der Waals surface area contributed by atoms with Crippen LogP contribution in [-0.4, -0.2) is 13.0 Å². The number of hydrogen-bond donors (Lipinski definition) is 2. The van der Waals surface area contributed by atoms with E-state index < -0.39 is 0 Å². The molecule has 0 unspecified atom stereocenters. The summed E-state index contributed by atoms with van der Waals surface area (Å²) < 4.78 is 18.4. The highest BCUT2D eigenvalue weighted by Crippen LogP contribution is 2.22. The van der Waals surface area contributed by atoms with E-state index in [-0.39, 0.29) is 17.8 Å². The standard InChI is InChI=1S/C16H17FN2O2/c1-10(11-4-3-5-12(17)8-11)19-16(20)14-7-6-13(18)9-15(14)21-2/h3-10H,18H2,1-2H3,(H,19,20)/t10-/m0/s1. The van der Waals surface area contributed by atoms with E-state index in [9.17, 15) is 9.18 Å². The van der Waals surface area contributed by atoms with Crippen molar-refractivity contribution in [1.29, 1.82) is 0 Å². The molecular weight excluding hydrogens is 271 g/mol. The predicted octanol–water partition coefficient (Wildman–Crippen LogP) is 2.91. The van der Waals surface area contributed by atoms with Crippen LogP contribution in [0, 0.1) is 5.82 Å². The highest BCUT2D eigenvalue weighted by atomic mass is 19.1. The van der Waals surface area contributed by atoms with Crippen molar-refractivity contribution >= 4 is 11.6 Å². The van der Waals surface area contributed by atoms with Crippen molar-refractivity contribution in [2.75, 3.05) is 12.8 Å². The summed E-state index contributed by atoms with van der Waals surface area (Å²) in [4.78, 5) is 12.3. The molecule has 4 nitrogen and oxygen atoms in total. The van der Waals surface area contributed by atoms with Gasteiger partial charge in [0.05, 0.1) is 18.7 Å². The monoisotopic (exact) mass is 288 g/mol. The van der Waals surface area contributed by atoms with Crippen molar-refractivity contribution in [2.45, 2.75) is 13.0 Å². The second-order valence-electron chi connectivity index (χ2n) is 4.71. The van der Waals surface area contributed by atoms with Crippen molar-refractivity contribution in [1.82, 2.24) is 5.32 Å². The van der Waals surface area contributed by atoms with Crippen LogP contribution in [0.15, 0.2) is 42.5 Å². The lowest BCUT2D eigenvalue weighted by Crippen LogP contribution is -2.27. The van der Waals surface area contributed by atoms with Gasteiger partial charge >= 0.3 is 0 Å². The molecule has 1 atom stereocenters. The van der Waals surface area contributed by atoms with E-state index in [0.29, 0.717) is 22.6 Å². The van der Waals surface area contributed by atoms with Gasteiger partial charge in [0, 0.05) is 11.8 Å². The molecule has 0 saturated carbocycles. The first-order valence-corrected chi connectivity index (χ1v) is 6.51. The smallest absolute Gasteiger partial charge is 0.255 e. The highest BCUT2D eigenvalue weighted by Gasteiger charge is 2.16. The number of anilines is 1. The maximum absolute atomic E-state index is 13.2. The van der Waals surface area contributed by atoms with Gasteiger partial charge in [0.2, 0.25) is 0 Å². The van der Waals surface area contributed by atoms with Crippen molar-refractivity contribution < 1.29 is 13.9 Å². The first-order chi connectivity index (χ1) is 10.0. The van der Waals surface area contributed by atoms with Crippen molar-refractivity contribution in [3.8, 4) is 5.75 Å². The molecule has 3 N–H and O–H groups in total. The molecule has 0 aliphatic rings. The van der Waals surface area contributed by atoms with E-state index in [1.807, 2.05) is 0 Å². The molecule has 0 aromatic heterocycles. The van der Waals surface area contributed by atoms with Crippen molar-refractivity contribution in [3.63, 3.8) is 0 Å². The number of benzene rings is 2. The van der Waals surface area contributed by atoms with E-state index in [1.54, 1.807) is 37.3 Å². The van der Waals surface area contributed by atoms with Gasteiger partial charge in [-0.3, -0.25) is 4.79 Å². The third-order valence-electron chi connectivity index (χ3n) is 3.17. The van der Waals surface area contributed by atoms with E-state index >= 15 is 0 Å². The Morgan fingerprint density at radius 2 is 2.05 bits per heavy atom. The Hall–Kier alpha value is -2.56. The van der Waals surface area contributed by atoms with Gasteiger partial charge in [-0.2, -0.15) is 0 Å². The maximum atomic E-state index is 13.2. The van der Waals surface area contributed by atoms with Gasteiger partial charge < -0.3 is 15.8 Å². The zero-order chi connectivity index (χ0) is 15.4. The van der Waals surface area contributed by atoms with E-state index in [4.69, 9.17) is 10.5 Å². The summed E-state index contributed by atoms with van der Waals surface area (Å²) in [5.41, 5.74) is 7.25. The minimum atomic E-state index is -0.335. The lowest BCUT2D eigenvalue weighted by atomic mass is 10.1.